The Balaban J connectivity index is 1.42. The number of aromatic amines is 1. The van der Waals surface area contributed by atoms with Crippen molar-refractivity contribution in [2.75, 3.05) is 13.1 Å². The van der Waals surface area contributed by atoms with E-state index < -0.39 is 0 Å². The molecule has 0 spiro atoms. The number of likely N-dealkylation sites (tertiary alicyclic amines) is 1. The fourth-order valence-electron chi connectivity index (χ4n) is 2.70. The van der Waals surface area contributed by atoms with Crippen LogP contribution < -0.4 is 0 Å². The summed E-state index contributed by atoms with van der Waals surface area (Å²) in [5.74, 6) is -0.162. The molecule has 5 heteroatoms. The number of nitrogens with one attached hydrogen (secondary N) is 1. The predicted octanol–water partition coefficient (Wildman–Crippen LogP) is 2.73. The van der Waals surface area contributed by atoms with E-state index in [0.717, 1.165) is 43.7 Å². The molecule has 0 atom stereocenters. The molecule has 1 aromatic carbocycles. The van der Waals surface area contributed by atoms with Crippen molar-refractivity contribution in [1.29, 1.82) is 0 Å². The molecule has 21 heavy (non-hydrogen) atoms. The summed E-state index contributed by atoms with van der Waals surface area (Å²) in [4.78, 5) is 9.43. The van der Waals surface area contributed by atoms with Crippen LogP contribution >= 0.6 is 0 Å². The zero-order chi connectivity index (χ0) is 14.5. The highest BCUT2D eigenvalue weighted by molar-refractivity contribution is 5.16. The summed E-state index contributed by atoms with van der Waals surface area (Å²) in [6, 6.07) is 6.84. The van der Waals surface area contributed by atoms with E-state index in [0.29, 0.717) is 12.7 Å². The van der Waals surface area contributed by atoms with Crippen LogP contribution in [0, 0.1) is 5.82 Å². The van der Waals surface area contributed by atoms with Gasteiger partial charge in [-0.15, -0.1) is 0 Å². The van der Waals surface area contributed by atoms with Gasteiger partial charge in [-0.2, -0.15) is 0 Å². The van der Waals surface area contributed by atoms with E-state index in [1.165, 1.54) is 6.07 Å². The number of piperidine rings is 1. The van der Waals surface area contributed by atoms with Crippen molar-refractivity contribution in [2.45, 2.75) is 32.1 Å². The summed E-state index contributed by atoms with van der Waals surface area (Å²) in [5, 5.41) is 0. The van der Waals surface area contributed by atoms with Crippen molar-refractivity contribution >= 4 is 0 Å². The molecule has 4 nitrogen and oxygen atoms in total. The summed E-state index contributed by atoms with van der Waals surface area (Å²) < 4.78 is 19.0. The zero-order valence-electron chi connectivity index (χ0n) is 12.0. The molecule has 112 valence electrons. The van der Waals surface area contributed by atoms with Crippen LogP contribution in [-0.4, -0.2) is 34.1 Å². The number of ether oxygens (including phenoxy) is 1. The van der Waals surface area contributed by atoms with Crippen LogP contribution in [0.4, 0.5) is 4.39 Å². The molecule has 1 N–H and O–H groups in total. The van der Waals surface area contributed by atoms with Crippen LogP contribution in [0.1, 0.15) is 24.1 Å². The number of halogens is 1. The first-order valence-corrected chi connectivity index (χ1v) is 7.35. The van der Waals surface area contributed by atoms with Gasteiger partial charge < -0.3 is 9.72 Å². The van der Waals surface area contributed by atoms with Crippen LogP contribution in [0.5, 0.6) is 0 Å². The van der Waals surface area contributed by atoms with E-state index >= 15 is 0 Å². The van der Waals surface area contributed by atoms with Gasteiger partial charge in [-0.25, -0.2) is 9.37 Å². The normalized spacial score (nSPS) is 17.2. The lowest BCUT2D eigenvalue weighted by molar-refractivity contribution is -0.00512. The molecule has 0 unspecified atom stereocenters. The Hall–Kier alpha value is -1.72. The molecule has 1 aliphatic rings. The first-order chi connectivity index (χ1) is 10.3. The smallest absolute Gasteiger partial charge is 0.123 e. The summed E-state index contributed by atoms with van der Waals surface area (Å²) >= 11 is 0. The van der Waals surface area contributed by atoms with E-state index in [4.69, 9.17) is 4.74 Å². The average molecular weight is 289 g/mol. The molecule has 3 rings (SSSR count). The Morgan fingerprint density at radius 2 is 2.19 bits per heavy atom. The van der Waals surface area contributed by atoms with E-state index in [-0.39, 0.29) is 5.82 Å². The molecule has 1 aromatic heterocycles. The molecule has 0 amide bonds. The molecule has 2 aromatic rings. The summed E-state index contributed by atoms with van der Waals surface area (Å²) in [6.07, 6.45) is 5.85. The van der Waals surface area contributed by atoms with Gasteiger partial charge in [-0.05, 0) is 30.5 Å². The van der Waals surface area contributed by atoms with E-state index in [1.807, 2.05) is 12.3 Å². The quantitative estimate of drug-likeness (QED) is 0.920. The van der Waals surface area contributed by atoms with Gasteiger partial charge in [-0.3, -0.25) is 4.90 Å². The lowest BCUT2D eigenvalue weighted by atomic mass is 10.1. The first-order valence-electron chi connectivity index (χ1n) is 7.35. The number of H-pyrrole nitrogens is 1. The minimum atomic E-state index is -0.162. The number of imidazole rings is 1. The average Bonchev–Trinajstić information content (AvgIpc) is 3.00. The van der Waals surface area contributed by atoms with Crippen molar-refractivity contribution in [3.8, 4) is 0 Å². The fourth-order valence-corrected chi connectivity index (χ4v) is 2.70. The molecule has 0 saturated carbocycles. The van der Waals surface area contributed by atoms with Crippen LogP contribution in [0.25, 0.3) is 0 Å². The third kappa shape index (κ3) is 4.12. The van der Waals surface area contributed by atoms with Crippen molar-refractivity contribution < 1.29 is 9.13 Å². The SMILES string of the molecule is Fc1cccc(CN2CCC(OCc3c[nH]cn3)CC2)c1. The van der Waals surface area contributed by atoms with Crippen LogP contribution in [0.2, 0.25) is 0 Å². The lowest BCUT2D eigenvalue weighted by Gasteiger charge is -2.31. The zero-order valence-corrected chi connectivity index (χ0v) is 12.0. The Labute approximate surface area is 124 Å². The molecule has 0 radical (unpaired) electrons. The maximum Gasteiger partial charge on any atom is 0.123 e. The van der Waals surface area contributed by atoms with Gasteiger partial charge >= 0.3 is 0 Å². The number of benzene rings is 1. The second-order valence-electron chi connectivity index (χ2n) is 5.48. The highest BCUT2D eigenvalue weighted by Crippen LogP contribution is 2.17. The minimum Gasteiger partial charge on any atom is -0.372 e. The second-order valence-corrected chi connectivity index (χ2v) is 5.48. The van der Waals surface area contributed by atoms with Crippen LogP contribution in [-0.2, 0) is 17.9 Å². The minimum absolute atomic E-state index is 0.162. The fraction of sp³-hybridized carbons (Fsp3) is 0.438. The molecule has 0 aliphatic carbocycles. The number of nitrogens with zero attached hydrogens (tertiary/aromatic N) is 2. The molecule has 1 fully saturated rings. The van der Waals surface area contributed by atoms with Gasteiger partial charge in [0, 0.05) is 25.8 Å². The van der Waals surface area contributed by atoms with Gasteiger partial charge in [0.25, 0.3) is 0 Å². The van der Waals surface area contributed by atoms with Crippen molar-refractivity contribution in [1.82, 2.24) is 14.9 Å². The van der Waals surface area contributed by atoms with E-state index in [1.54, 1.807) is 18.5 Å². The standard InChI is InChI=1S/C16H20FN3O/c17-14-3-1-2-13(8-14)10-20-6-4-16(5-7-20)21-11-15-9-18-12-19-15/h1-3,8-9,12,16H,4-7,10-11H2,(H,18,19). The predicted molar refractivity (Wildman–Crippen MR) is 78.1 cm³/mol. The van der Waals surface area contributed by atoms with Crippen molar-refractivity contribution in [3.05, 3.63) is 53.9 Å². The van der Waals surface area contributed by atoms with E-state index in [2.05, 4.69) is 14.9 Å². The number of hydrogen-bond acceptors (Lipinski definition) is 3. The van der Waals surface area contributed by atoms with Crippen molar-refractivity contribution in [2.24, 2.45) is 0 Å². The lowest BCUT2D eigenvalue weighted by Crippen LogP contribution is -2.36. The summed E-state index contributed by atoms with van der Waals surface area (Å²) in [5.41, 5.74) is 1.98. The van der Waals surface area contributed by atoms with Crippen LogP contribution in [0.3, 0.4) is 0 Å². The maximum atomic E-state index is 13.2. The van der Waals surface area contributed by atoms with Crippen molar-refractivity contribution in [3.63, 3.8) is 0 Å². The van der Waals surface area contributed by atoms with E-state index in [9.17, 15) is 4.39 Å². The highest BCUT2D eigenvalue weighted by Gasteiger charge is 2.20. The second kappa shape index (κ2) is 6.83. The molecular formula is C16H20FN3O. The number of hydrogen-bond donors (Lipinski definition) is 1. The van der Waals surface area contributed by atoms with Gasteiger partial charge in [-0.1, -0.05) is 12.1 Å². The van der Waals surface area contributed by atoms with Gasteiger partial charge in [0.2, 0.25) is 0 Å². The summed E-state index contributed by atoms with van der Waals surface area (Å²) in [6.45, 7) is 3.35. The largest absolute Gasteiger partial charge is 0.372 e. The highest BCUT2D eigenvalue weighted by atomic mass is 19.1. The van der Waals surface area contributed by atoms with Gasteiger partial charge in [0.1, 0.15) is 5.82 Å². The van der Waals surface area contributed by atoms with Gasteiger partial charge in [0.15, 0.2) is 0 Å². The van der Waals surface area contributed by atoms with Crippen LogP contribution in [0.15, 0.2) is 36.8 Å². The Morgan fingerprint density at radius 1 is 1.33 bits per heavy atom. The number of rotatable bonds is 5. The maximum absolute atomic E-state index is 13.2. The third-order valence-electron chi connectivity index (χ3n) is 3.85. The molecule has 1 aliphatic heterocycles. The molecule has 0 bridgehead atoms. The molecule has 2 heterocycles. The number of aromatic nitrogens is 2. The topological polar surface area (TPSA) is 41.1 Å². The monoisotopic (exact) mass is 289 g/mol. The molecular weight excluding hydrogens is 269 g/mol. The first kappa shape index (κ1) is 14.2. The Kier molecular flexibility index (Phi) is 4.62. The Morgan fingerprint density at radius 3 is 2.90 bits per heavy atom. The summed E-state index contributed by atoms with van der Waals surface area (Å²) in [7, 11) is 0. The molecule has 1 saturated heterocycles. The third-order valence-corrected chi connectivity index (χ3v) is 3.85. The van der Waals surface area contributed by atoms with Gasteiger partial charge in [0.05, 0.1) is 24.7 Å². The Bertz CT molecular complexity index is 550.